The maximum atomic E-state index is 12.6. The summed E-state index contributed by atoms with van der Waals surface area (Å²) in [6.45, 7) is 0. The molecule has 3 rings (SSSR count). The summed E-state index contributed by atoms with van der Waals surface area (Å²) in [7, 11) is 0. The first-order valence-electron chi connectivity index (χ1n) is 8.56. The molecular formula is C21H20N2O3. The lowest BCUT2D eigenvalue weighted by molar-refractivity contribution is -0.139. The first-order chi connectivity index (χ1) is 12.6. The molecule has 26 heavy (non-hydrogen) atoms. The van der Waals surface area contributed by atoms with Gasteiger partial charge in [-0.25, -0.2) is 4.79 Å². The lowest BCUT2D eigenvalue weighted by Gasteiger charge is -2.15. The molecule has 132 valence electrons. The number of amides is 1. The second kappa shape index (κ2) is 8.25. The van der Waals surface area contributed by atoms with Crippen LogP contribution in [0, 0.1) is 0 Å². The van der Waals surface area contributed by atoms with Crippen molar-refractivity contribution in [2.24, 2.45) is 0 Å². The Bertz CT molecular complexity index is 904. The van der Waals surface area contributed by atoms with E-state index in [1.807, 2.05) is 54.6 Å². The van der Waals surface area contributed by atoms with Gasteiger partial charge in [0.2, 0.25) is 0 Å². The summed E-state index contributed by atoms with van der Waals surface area (Å²) in [6.07, 6.45) is 3.39. The van der Waals surface area contributed by atoms with E-state index >= 15 is 0 Å². The molecule has 5 heteroatoms. The summed E-state index contributed by atoms with van der Waals surface area (Å²) in [5.74, 6) is -1.42. The quantitative estimate of drug-likeness (QED) is 0.685. The normalized spacial score (nSPS) is 11.8. The van der Waals surface area contributed by atoms with Gasteiger partial charge in [-0.2, -0.15) is 0 Å². The average molecular weight is 348 g/mol. The molecule has 0 fully saturated rings. The number of benzene rings is 2. The van der Waals surface area contributed by atoms with E-state index in [4.69, 9.17) is 0 Å². The highest BCUT2D eigenvalue weighted by atomic mass is 16.4. The Morgan fingerprint density at radius 3 is 2.50 bits per heavy atom. The molecule has 2 N–H and O–H groups in total. The summed E-state index contributed by atoms with van der Waals surface area (Å²) in [5, 5.41) is 12.8. The number of fused-ring (bicyclic) bond motifs is 1. The first-order valence-corrected chi connectivity index (χ1v) is 8.56. The fourth-order valence-corrected chi connectivity index (χ4v) is 2.94. The Labute approximate surface area is 151 Å². The number of para-hydroxylation sites is 1. The second-order valence-electron chi connectivity index (χ2n) is 6.12. The molecule has 0 aliphatic heterocycles. The zero-order valence-corrected chi connectivity index (χ0v) is 14.3. The molecule has 2 aromatic carbocycles. The van der Waals surface area contributed by atoms with E-state index in [9.17, 15) is 14.7 Å². The van der Waals surface area contributed by atoms with E-state index in [-0.39, 0.29) is 0 Å². The number of nitrogens with one attached hydrogen (secondary N) is 1. The van der Waals surface area contributed by atoms with Crippen LogP contribution in [0.25, 0.3) is 10.9 Å². The third-order valence-corrected chi connectivity index (χ3v) is 4.30. The van der Waals surface area contributed by atoms with E-state index in [0.29, 0.717) is 29.3 Å². The van der Waals surface area contributed by atoms with Crippen LogP contribution in [0.5, 0.6) is 0 Å². The maximum absolute atomic E-state index is 12.6. The van der Waals surface area contributed by atoms with E-state index < -0.39 is 17.9 Å². The van der Waals surface area contributed by atoms with E-state index in [1.165, 1.54) is 0 Å². The van der Waals surface area contributed by atoms with Gasteiger partial charge in [0.25, 0.3) is 5.91 Å². The summed E-state index contributed by atoms with van der Waals surface area (Å²) in [6, 6.07) is 17.9. The zero-order valence-electron chi connectivity index (χ0n) is 14.3. The smallest absolute Gasteiger partial charge is 0.326 e. The van der Waals surface area contributed by atoms with Gasteiger partial charge in [0.1, 0.15) is 6.04 Å². The highest BCUT2D eigenvalue weighted by Crippen LogP contribution is 2.16. The SMILES string of the molecule is O=C(N[C@H](CCCc1ccccc1)C(=O)O)c1ccnc2ccccc12. The molecule has 0 bridgehead atoms. The largest absolute Gasteiger partial charge is 0.480 e. The van der Waals surface area contributed by atoms with Crippen molar-refractivity contribution in [1.82, 2.24) is 10.3 Å². The fraction of sp³-hybridized carbons (Fsp3) is 0.190. The minimum atomic E-state index is -1.02. The molecule has 0 radical (unpaired) electrons. The molecule has 1 amide bonds. The molecular weight excluding hydrogens is 328 g/mol. The van der Waals surface area contributed by atoms with Crippen molar-refractivity contribution in [3.05, 3.63) is 78.0 Å². The molecule has 5 nitrogen and oxygen atoms in total. The summed E-state index contributed by atoms with van der Waals surface area (Å²) in [4.78, 5) is 28.4. The lowest BCUT2D eigenvalue weighted by atomic mass is 10.0. The second-order valence-corrected chi connectivity index (χ2v) is 6.12. The zero-order chi connectivity index (χ0) is 18.4. The predicted molar refractivity (Wildman–Crippen MR) is 100 cm³/mol. The third-order valence-electron chi connectivity index (χ3n) is 4.30. The molecule has 0 aliphatic rings. The first kappa shape index (κ1) is 17.6. The third kappa shape index (κ3) is 4.25. The number of carboxylic acids is 1. The van der Waals surface area contributed by atoms with Gasteiger partial charge in [0.05, 0.1) is 11.1 Å². The van der Waals surface area contributed by atoms with Crippen molar-refractivity contribution in [1.29, 1.82) is 0 Å². The molecule has 0 unspecified atom stereocenters. The minimum Gasteiger partial charge on any atom is -0.480 e. The Hall–Kier alpha value is -3.21. The highest BCUT2D eigenvalue weighted by Gasteiger charge is 2.21. The van der Waals surface area contributed by atoms with Crippen LogP contribution in [-0.4, -0.2) is 28.0 Å². The Morgan fingerprint density at radius 1 is 1.00 bits per heavy atom. The monoisotopic (exact) mass is 348 g/mol. The van der Waals surface area contributed by atoms with Crippen molar-refractivity contribution in [3.63, 3.8) is 0 Å². The number of carbonyl (C=O) groups excluding carboxylic acids is 1. The van der Waals surface area contributed by atoms with Gasteiger partial charge in [-0.1, -0.05) is 48.5 Å². The number of aryl methyl sites for hydroxylation is 1. The lowest BCUT2D eigenvalue weighted by Crippen LogP contribution is -2.40. The van der Waals surface area contributed by atoms with Crippen molar-refractivity contribution in [2.75, 3.05) is 0 Å². The van der Waals surface area contributed by atoms with Crippen LogP contribution >= 0.6 is 0 Å². The number of rotatable bonds is 7. The van der Waals surface area contributed by atoms with Crippen LogP contribution in [0.4, 0.5) is 0 Å². The number of aromatic nitrogens is 1. The minimum absolute atomic E-state index is 0.374. The molecule has 0 saturated heterocycles. The predicted octanol–water partition coefficient (Wildman–Crippen LogP) is 3.44. The number of hydrogen-bond acceptors (Lipinski definition) is 3. The van der Waals surface area contributed by atoms with Gasteiger partial charge in [-0.15, -0.1) is 0 Å². The molecule has 0 spiro atoms. The summed E-state index contributed by atoms with van der Waals surface area (Å²) in [5.41, 5.74) is 2.30. The average Bonchev–Trinajstić information content (AvgIpc) is 2.67. The van der Waals surface area contributed by atoms with Crippen LogP contribution in [0.1, 0.15) is 28.8 Å². The summed E-state index contributed by atoms with van der Waals surface area (Å²) < 4.78 is 0. The van der Waals surface area contributed by atoms with Gasteiger partial charge in [0.15, 0.2) is 0 Å². The Morgan fingerprint density at radius 2 is 1.73 bits per heavy atom. The molecule has 1 aromatic heterocycles. The standard InChI is InChI=1S/C21H20N2O3/c24-20(17-13-14-22-18-11-5-4-10-16(17)18)23-19(21(25)26)12-6-9-15-7-2-1-3-8-15/h1-5,7-8,10-11,13-14,19H,6,9,12H2,(H,23,24)(H,25,26)/t19-/m1/s1. The molecule has 0 aliphatic carbocycles. The number of carbonyl (C=O) groups is 2. The number of hydrogen-bond donors (Lipinski definition) is 2. The van der Waals surface area contributed by atoms with Crippen molar-refractivity contribution in [3.8, 4) is 0 Å². The number of aliphatic carboxylic acids is 1. The van der Waals surface area contributed by atoms with Gasteiger partial charge in [-0.05, 0) is 37.0 Å². The Kier molecular flexibility index (Phi) is 5.59. The van der Waals surface area contributed by atoms with Gasteiger partial charge in [-0.3, -0.25) is 9.78 Å². The topological polar surface area (TPSA) is 79.3 Å². The van der Waals surface area contributed by atoms with E-state index in [0.717, 1.165) is 12.0 Å². The molecule has 3 aromatic rings. The van der Waals surface area contributed by atoms with E-state index in [2.05, 4.69) is 10.3 Å². The van der Waals surface area contributed by atoms with Crippen LogP contribution in [0.3, 0.4) is 0 Å². The molecule has 0 saturated carbocycles. The molecule has 1 heterocycles. The van der Waals surface area contributed by atoms with Crippen LogP contribution in [-0.2, 0) is 11.2 Å². The Balaban J connectivity index is 1.67. The summed E-state index contributed by atoms with van der Waals surface area (Å²) >= 11 is 0. The maximum Gasteiger partial charge on any atom is 0.326 e. The number of carboxylic acid groups (broad SMARTS) is 1. The van der Waals surface area contributed by atoms with Gasteiger partial charge >= 0.3 is 5.97 Å². The molecule has 1 atom stereocenters. The number of nitrogens with zero attached hydrogens (tertiary/aromatic N) is 1. The van der Waals surface area contributed by atoms with Crippen LogP contribution in [0.15, 0.2) is 66.9 Å². The fourth-order valence-electron chi connectivity index (χ4n) is 2.94. The van der Waals surface area contributed by atoms with E-state index in [1.54, 1.807) is 12.3 Å². The van der Waals surface area contributed by atoms with Crippen LogP contribution < -0.4 is 5.32 Å². The van der Waals surface area contributed by atoms with Gasteiger partial charge < -0.3 is 10.4 Å². The van der Waals surface area contributed by atoms with Crippen molar-refractivity contribution < 1.29 is 14.7 Å². The van der Waals surface area contributed by atoms with Crippen molar-refractivity contribution >= 4 is 22.8 Å². The van der Waals surface area contributed by atoms with Crippen LogP contribution in [0.2, 0.25) is 0 Å². The number of pyridine rings is 1. The van der Waals surface area contributed by atoms with Gasteiger partial charge in [0, 0.05) is 11.6 Å². The highest BCUT2D eigenvalue weighted by molar-refractivity contribution is 6.06. The van der Waals surface area contributed by atoms with Crippen molar-refractivity contribution in [2.45, 2.75) is 25.3 Å².